The lowest BCUT2D eigenvalue weighted by atomic mass is 9.73. The van der Waals surface area contributed by atoms with Gasteiger partial charge >= 0.3 is 0 Å². The Balaban J connectivity index is 0.00000392. The highest BCUT2D eigenvalue weighted by molar-refractivity contribution is 14.0. The molecule has 1 aromatic carbocycles. The van der Waals surface area contributed by atoms with Crippen LogP contribution in [-0.4, -0.2) is 59.1 Å². The number of hydrogen-bond acceptors (Lipinski definition) is 4. The minimum atomic E-state index is -0.0715. The Morgan fingerprint density at radius 1 is 1.21 bits per heavy atom. The van der Waals surface area contributed by atoms with E-state index in [1.165, 1.54) is 11.1 Å². The third kappa shape index (κ3) is 7.08. The molecule has 0 bridgehead atoms. The summed E-state index contributed by atoms with van der Waals surface area (Å²) in [6.45, 7) is 11.4. The number of halogens is 1. The summed E-state index contributed by atoms with van der Waals surface area (Å²) in [6.07, 6.45) is 1.88. The van der Waals surface area contributed by atoms with Gasteiger partial charge in [-0.1, -0.05) is 17.7 Å². The van der Waals surface area contributed by atoms with Crippen LogP contribution >= 0.6 is 24.0 Å². The number of methoxy groups -OCH3 is 1. The fraction of sp³-hybridized carbons (Fsp3) is 0.667. The number of hydrogen-bond donors (Lipinski definition) is 2. The first-order valence-corrected chi connectivity index (χ1v) is 9.98. The number of nitrogens with zero attached hydrogens (tertiary/aromatic N) is 1. The van der Waals surface area contributed by atoms with E-state index in [9.17, 15) is 0 Å². The minimum Gasteiger partial charge on any atom is -0.496 e. The lowest BCUT2D eigenvalue weighted by Crippen LogP contribution is -2.42. The SMILES string of the molecule is CCNC(=NCC1(c2cc(C)ccc2OC)CCOCC1)NCCOCC.I. The van der Waals surface area contributed by atoms with Crippen molar-refractivity contribution >= 4 is 29.9 Å². The Bertz CT molecular complexity index is 605. The van der Waals surface area contributed by atoms with Crippen molar-refractivity contribution in [1.29, 1.82) is 0 Å². The van der Waals surface area contributed by atoms with Gasteiger partial charge in [-0.25, -0.2) is 0 Å². The van der Waals surface area contributed by atoms with E-state index >= 15 is 0 Å². The van der Waals surface area contributed by atoms with Gasteiger partial charge in [-0.3, -0.25) is 4.99 Å². The van der Waals surface area contributed by atoms with Crippen molar-refractivity contribution in [2.45, 2.75) is 39.0 Å². The maximum Gasteiger partial charge on any atom is 0.191 e. The highest BCUT2D eigenvalue weighted by Crippen LogP contribution is 2.40. The number of ether oxygens (including phenoxy) is 3. The number of aliphatic imine (C=N–C) groups is 1. The summed E-state index contributed by atoms with van der Waals surface area (Å²) in [5.74, 6) is 1.77. The molecular formula is C21H36IN3O3. The molecule has 160 valence electrons. The summed E-state index contributed by atoms with van der Waals surface area (Å²) >= 11 is 0. The van der Waals surface area contributed by atoms with Crippen LogP contribution in [0.15, 0.2) is 23.2 Å². The van der Waals surface area contributed by atoms with E-state index in [4.69, 9.17) is 19.2 Å². The van der Waals surface area contributed by atoms with Crippen molar-refractivity contribution in [3.05, 3.63) is 29.3 Å². The van der Waals surface area contributed by atoms with E-state index in [1.807, 2.05) is 6.92 Å². The summed E-state index contributed by atoms with van der Waals surface area (Å²) in [5.41, 5.74) is 2.40. The van der Waals surface area contributed by atoms with Crippen molar-refractivity contribution in [3.8, 4) is 5.75 Å². The zero-order valence-corrected chi connectivity index (χ0v) is 20.0. The highest BCUT2D eigenvalue weighted by atomic mass is 127. The van der Waals surface area contributed by atoms with Crippen LogP contribution in [0.3, 0.4) is 0 Å². The van der Waals surface area contributed by atoms with Gasteiger partial charge in [0.05, 0.1) is 20.3 Å². The molecule has 1 aliphatic rings. The molecule has 1 saturated heterocycles. The van der Waals surface area contributed by atoms with Gasteiger partial charge in [-0.15, -0.1) is 24.0 Å². The summed E-state index contributed by atoms with van der Waals surface area (Å²) in [5, 5.41) is 6.68. The molecule has 0 unspecified atom stereocenters. The molecule has 2 rings (SSSR count). The smallest absolute Gasteiger partial charge is 0.191 e. The molecule has 1 aromatic rings. The minimum absolute atomic E-state index is 0. The molecule has 1 heterocycles. The van der Waals surface area contributed by atoms with Gasteiger partial charge in [0.25, 0.3) is 0 Å². The first-order valence-electron chi connectivity index (χ1n) is 9.98. The van der Waals surface area contributed by atoms with Gasteiger partial charge in [0, 0.05) is 43.9 Å². The normalized spacial score (nSPS) is 16.2. The number of rotatable bonds is 9. The highest BCUT2D eigenvalue weighted by Gasteiger charge is 2.37. The van der Waals surface area contributed by atoms with E-state index in [0.29, 0.717) is 13.2 Å². The second-order valence-corrected chi connectivity index (χ2v) is 6.92. The molecule has 0 aromatic heterocycles. The molecule has 0 atom stereocenters. The second-order valence-electron chi connectivity index (χ2n) is 6.92. The zero-order chi connectivity index (χ0) is 19.5. The van der Waals surface area contributed by atoms with Crippen LogP contribution in [0, 0.1) is 6.92 Å². The van der Waals surface area contributed by atoms with Gasteiger partial charge in [0.1, 0.15) is 5.75 Å². The van der Waals surface area contributed by atoms with Crippen molar-refractivity contribution in [2.24, 2.45) is 4.99 Å². The van der Waals surface area contributed by atoms with Crippen LogP contribution in [0.25, 0.3) is 0 Å². The van der Waals surface area contributed by atoms with Gasteiger partial charge in [-0.2, -0.15) is 0 Å². The fourth-order valence-corrected chi connectivity index (χ4v) is 3.47. The largest absolute Gasteiger partial charge is 0.496 e. The molecule has 1 aliphatic heterocycles. The molecule has 0 spiro atoms. The predicted molar refractivity (Wildman–Crippen MR) is 125 cm³/mol. The van der Waals surface area contributed by atoms with Crippen molar-refractivity contribution in [3.63, 3.8) is 0 Å². The van der Waals surface area contributed by atoms with Crippen LogP contribution in [0.5, 0.6) is 5.75 Å². The van der Waals surface area contributed by atoms with Crippen molar-refractivity contribution < 1.29 is 14.2 Å². The first kappa shape index (κ1) is 25.0. The Kier molecular flexibility index (Phi) is 11.8. The van der Waals surface area contributed by atoms with Crippen LogP contribution in [0.1, 0.15) is 37.8 Å². The molecular weight excluding hydrogens is 469 g/mol. The number of nitrogens with one attached hydrogen (secondary N) is 2. The Labute approximate surface area is 186 Å². The molecule has 7 heteroatoms. The third-order valence-electron chi connectivity index (χ3n) is 5.00. The Hall–Kier alpha value is -1.06. The zero-order valence-electron chi connectivity index (χ0n) is 17.7. The summed E-state index contributed by atoms with van der Waals surface area (Å²) < 4.78 is 16.8. The van der Waals surface area contributed by atoms with Crippen molar-refractivity contribution in [1.82, 2.24) is 10.6 Å². The molecule has 6 nitrogen and oxygen atoms in total. The Morgan fingerprint density at radius 2 is 1.96 bits per heavy atom. The quantitative estimate of drug-likeness (QED) is 0.234. The molecule has 0 aliphatic carbocycles. The van der Waals surface area contributed by atoms with Gasteiger partial charge in [-0.05, 0) is 39.7 Å². The van der Waals surface area contributed by atoms with Crippen molar-refractivity contribution in [2.75, 3.05) is 53.2 Å². The maximum atomic E-state index is 5.69. The van der Waals surface area contributed by atoms with Gasteiger partial charge < -0.3 is 24.8 Å². The van der Waals surface area contributed by atoms with E-state index in [-0.39, 0.29) is 29.4 Å². The molecule has 0 amide bonds. The Morgan fingerprint density at radius 3 is 2.61 bits per heavy atom. The number of aryl methyl sites for hydroxylation is 1. The van der Waals surface area contributed by atoms with Gasteiger partial charge in [0.2, 0.25) is 0 Å². The van der Waals surface area contributed by atoms with Crippen LogP contribution < -0.4 is 15.4 Å². The second kappa shape index (κ2) is 13.2. The summed E-state index contributed by atoms with van der Waals surface area (Å²) in [4.78, 5) is 4.92. The monoisotopic (exact) mass is 505 g/mol. The van der Waals surface area contributed by atoms with E-state index < -0.39 is 0 Å². The average molecular weight is 505 g/mol. The number of benzene rings is 1. The topological polar surface area (TPSA) is 64.1 Å². The predicted octanol–water partition coefficient (Wildman–Crippen LogP) is 3.26. The van der Waals surface area contributed by atoms with Gasteiger partial charge in [0.15, 0.2) is 5.96 Å². The van der Waals surface area contributed by atoms with Crippen LogP contribution in [0.2, 0.25) is 0 Å². The molecule has 28 heavy (non-hydrogen) atoms. The van der Waals surface area contributed by atoms with E-state index in [1.54, 1.807) is 7.11 Å². The molecule has 2 N–H and O–H groups in total. The van der Waals surface area contributed by atoms with E-state index in [2.05, 4.69) is 42.7 Å². The van der Waals surface area contributed by atoms with E-state index in [0.717, 1.165) is 57.5 Å². The summed E-state index contributed by atoms with van der Waals surface area (Å²) in [6, 6.07) is 6.41. The first-order chi connectivity index (χ1) is 13.1. The maximum absolute atomic E-state index is 5.69. The molecule has 0 saturated carbocycles. The standard InChI is InChI=1S/C21H35N3O3.HI/c1-5-22-20(23-11-14-26-6-2)24-16-21(9-12-27-13-10-21)18-15-17(3)7-8-19(18)25-4;/h7-8,15H,5-6,9-14,16H2,1-4H3,(H2,22,23,24);1H. The lowest BCUT2D eigenvalue weighted by Gasteiger charge is -2.37. The average Bonchev–Trinajstić information content (AvgIpc) is 2.70. The van der Waals surface area contributed by atoms with Crippen LogP contribution in [-0.2, 0) is 14.9 Å². The summed E-state index contributed by atoms with van der Waals surface area (Å²) in [7, 11) is 1.74. The number of guanidine groups is 1. The fourth-order valence-electron chi connectivity index (χ4n) is 3.47. The van der Waals surface area contributed by atoms with Crippen LogP contribution in [0.4, 0.5) is 0 Å². The third-order valence-corrected chi connectivity index (χ3v) is 5.00. The molecule has 1 fully saturated rings. The molecule has 0 radical (unpaired) electrons. The lowest BCUT2D eigenvalue weighted by molar-refractivity contribution is 0.0522.